The number of aryl methyl sites for hydroxylation is 2. The monoisotopic (exact) mass is 287 g/mol. The van der Waals surface area contributed by atoms with Crippen molar-refractivity contribution in [1.29, 1.82) is 0 Å². The van der Waals surface area contributed by atoms with Crippen molar-refractivity contribution in [3.8, 4) is 5.75 Å². The normalized spacial score (nSPS) is 11.6. The standard InChI is InChI=1S/C13H21NO4S/c1-10-9-13(11(2)8-12(10)17-3)19(15,16)7-6-18-5-4-14/h8-9H,4-7,14H2,1-3H3. The molecule has 0 aromatic heterocycles. The Kier molecular flexibility index (Phi) is 5.78. The van der Waals surface area contributed by atoms with E-state index in [-0.39, 0.29) is 12.4 Å². The number of ether oxygens (including phenoxy) is 2. The average molecular weight is 287 g/mol. The Morgan fingerprint density at radius 2 is 1.84 bits per heavy atom. The van der Waals surface area contributed by atoms with Gasteiger partial charge in [0.25, 0.3) is 0 Å². The summed E-state index contributed by atoms with van der Waals surface area (Å²) in [6.45, 7) is 4.50. The molecule has 1 rings (SSSR count). The fourth-order valence-corrected chi connectivity index (χ4v) is 3.25. The first kappa shape index (κ1) is 15.9. The van der Waals surface area contributed by atoms with Crippen LogP contribution in [0.2, 0.25) is 0 Å². The van der Waals surface area contributed by atoms with Gasteiger partial charge in [0.1, 0.15) is 5.75 Å². The van der Waals surface area contributed by atoms with Crippen LogP contribution in [-0.2, 0) is 14.6 Å². The SMILES string of the molecule is COc1cc(C)c(S(=O)(=O)CCOCCN)cc1C. The first-order valence-corrected chi connectivity index (χ1v) is 7.73. The van der Waals surface area contributed by atoms with E-state index >= 15 is 0 Å². The van der Waals surface area contributed by atoms with Gasteiger partial charge in [-0.1, -0.05) is 0 Å². The van der Waals surface area contributed by atoms with Gasteiger partial charge in [-0.15, -0.1) is 0 Å². The lowest BCUT2D eigenvalue weighted by atomic mass is 10.1. The topological polar surface area (TPSA) is 78.6 Å². The Balaban J connectivity index is 2.92. The van der Waals surface area contributed by atoms with Crippen LogP contribution in [0.25, 0.3) is 0 Å². The first-order valence-electron chi connectivity index (χ1n) is 6.08. The van der Waals surface area contributed by atoms with E-state index in [1.807, 2.05) is 6.92 Å². The summed E-state index contributed by atoms with van der Waals surface area (Å²) in [5.41, 5.74) is 6.76. The maximum absolute atomic E-state index is 12.2. The molecule has 0 amide bonds. The second-order valence-electron chi connectivity index (χ2n) is 4.31. The zero-order chi connectivity index (χ0) is 14.5. The number of rotatable bonds is 7. The molecule has 0 saturated heterocycles. The minimum Gasteiger partial charge on any atom is -0.496 e. The van der Waals surface area contributed by atoms with Crippen molar-refractivity contribution < 1.29 is 17.9 Å². The van der Waals surface area contributed by atoms with Gasteiger partial charge in [0.2, 0.25) is 0 Å². The van der Waals surface area contributed by atoms with E-state index in [1.54, 1.807) is 26.2 Å². The quantitative estimate of drug-likeness (QED) is 0.759. The van der Waals surface area contributed by atoms with Crippen molar-refractivity contribution in [3.05, 3.63) is 23.3 Å². The molecule has 1 aromatic carbocycles. The van der Waals surface area contributed by atoms with Crippen LogP contribution in [0.1, 0.15) is 11.1 Å². The van der Waals surface area contributed by atoms with Crippen LogP contribution < -0.4 is 10.5 Å². The number of hydrogen-bond acceptors (Lipinski definition) is 5. The first-order chi connectivity index (χ1) is 8.92. The van der Waals surface area contributed by atoms with Crippen LogP contribution >= 0.6 is 0 Å². The molecule has 0 radical (unpaired) electrons. The molecule has 2 N–H and O–H groups in total. The zero-order valence-corrected chi connectivity index (χ0v) is 12.4. The van der Waals surface area contributed by atoms with Gasteiger partial charge in [-0.3, -0.25) is 0 Å². The number of nitrogens with two attached hydrogens (primary N) is 1. The van der Waals surface area contributed by atoms with Crippen molar-refractivity contribution in [2.45, 2.75) is 18.7 Å². The third-order valence-corrected chi connectivity index (χ3v) is 4.60. The van der Waals surface area contributed by atoms with Crippen molar-refractivity contribution in [3.63, 3.8) is 0 Å². The van der Waals surface area contributed by atoms with E-state index in [0.29, 0.717) is 29.4 Å². The minimum absolute atomic E-state index is 0.0421. The highest BCUT2D eigenvalue weighted by Gasteiger charge is 2.18. The van der Waals surface area contributed by atoms with Gasteiger partial charge in [0, 0.05) is 6.54 Å². The second-order valence-corrected chi connectivity index (χ2v) is 6.38. The molecule has 19 heavy (non-hydrogen) atoms. The third-order valence-electron chi connectivity index (χ3n) is 2.79. The Bertz CT molecular complexity index is 526. The molecule has 5 nitrogen and oxygen atoms in total. The summed E-state index contributed by atoms with van der Waals surface area (Å²) in [6.07, 6.45) is 0. The average Bonchev–Trinajstić information content (AvgIpc) is 2.36. The predicted molar refractivity (Wildman–Crippen MR) is 74.4 cm³/mol. The molecule has 1 aromatic rings. The molecule has 6 heteroatoms. The zero-order valence-electron chi connectivity index (χ0n) is 11.6. The molecule has 0 aliphatic carbocycles. The minimum atomic E-state index is -3.34. The largest absolute Gasteiger partial charge is 0.496 e. The van der Waals surface area contributed by atoms with E-state index < -0.39 is 9.84 Å². The maximum Gasteiger partial charge on any atom is 0.180 e. The van der Waals surface area contributed by atoms with Crippen LogP contribution in [0, 0.1) is 13.8 Å². The van der Waals surface area contributed by atoms with E-state index in [9.17, 15) is 8.42 Å². The van der Waals surface area contributed by atoms with E-state index in [0.717, 1.165) is 5.56 Å². The van der Waals surface area contributed by atoms with Crippen molar-refractivity contribution in [2.75, 3.05) is 32.6 Å². The van der Waals surface area contributed by atoms with E-state index in [4.69, 9.17) is 15.2 Å². The number of hydrogen-bond donors (Lipinski definition) is 1. The van der Waals surface area contributed by atoms with E-state index in [1.165, 1.54) is 0 Å². The molecule has 108 valence electrons. The fraction of sp³-hybridized carbons (Fsp3) is 0.538. The van der Waals surface area contributed by atoms with Gasteiger partial charge in [0.15, 0.2) is 9.84 Å². The smallest absolute Gasteiger partial charge is 0.180 e. The summed E-state index contributed by atoms with van der Waals surface area (Å²) in [5, 5.41) is 0. The summed E-state index contributed by atoms with van der Waals surface area (Å²) in [5.74, 6) is 0.649. The third kappa shape index (κ3) is 4.19. The molecule has 0 atom stereocenters. The highest BCUT2D eigenvalue weighted by atomic mass is 32.2. The lowest BCUT2D eigenvalue weighted by Gasteiger charge is -2.12. The van der Waals surface area contributed by atoms with Crippen molar-refractivity contribution in [1.82, 2.24) is 0 Å². The fourth-order valence-electron chi connectivity index (χ4n) is 1.78. The van der Waals surface area contributed by atoms with Gasteiger partial charge in [-0.25, -0.2) is 8.42 Å². The van der Waals surface area contributed by atoms with Crippen LogP contribution in [0.5, 0.6) is 5.75 Å². The summed E-state index contributed by atoms with van der Waals surface area (Å²) in [7, 11) is -1.77. The molecule has 0 aliphatic rings. The van der Waals surface area contributed by atoms with Crippen molar-refractivity contribution in [2.24, 2.45) is 5.73 Å². The van der Waals surface area contributed by atoms with Gasteiger partial charge in [-0.2, -0.15) is 0 Å². The molecule has 0 bridgehead atoms. The number of benzene rings is 1. The second kappa shape index (κ2) is 6.88. The van der Waals surface area contributed by atoms with E-state index in [2.05, 4.69) is 0 Å². The van der Waals surface area contributed by atoms with Crippen LogP contribution in [0.15, 0.2) is 17.0 Å². The Labute approximate surface area is 114 Å². The molecule has 0 unspecified atom stereocenters. The van der Waals surface area contributed by atoms with Gasteiger partial charge in [0.05, 0.1) is 31.0 Å². The van der Waals surface area contributed by atoms with Crippen LogP contribution in [0.4, 0.5) is 0 Å². The molecule has 0 aliphatic heterocycles. The lowest BCUT2D eigenvalue weighted by Crippen LogP contribution is -2.17. The van der Waals surface area contributed by atoms with Gasteiger partial charge < -0.3 is 15.2 Å². The van der Waals surface area contributed by atoms with Crippen molar-refractivity contribution >= 4 is 9.84 Å². The summed E-state index contributed by atoms with van der Waals surface area (Å²) in [4.78, 5) is 0.335. The summed E-state index contributed by atoms with van der Waals surface area (Å²) < 4.78 is 34.7. The lowest BCUT2D eigenvalue weighted by molar-refractivity contribution is 0.157. The van der Waals surface area contributed by atoms with Crippen LogP contribution in [0.3, 0.4) is 0 Å². The molecular formula is C13H21NO4S. The maximum atomic E-state index is 12.2. The molecular weight excluding hydrogens is 266 g/mol. The molecule has 0 fully saturated rings. The molecule has 0 spiro atoms. The Morgan fingerprint density at radius 1 is 1.16 bits per heavy atom. The van der Waals surface area contributed by atoms with Gasteiger partial charge in [-0.05, 0) is 37.1 Å². The highest BCUT2D eigenvalue weighted by Crippen LogP contribution is 2.26. The Hall–Kier alpha value is -1.11. The summed E-state index contributed by atoms with van der Waals surface area (Å²) >= 11 is 0. The predicted octanol–water partition coefficient (Wildman–Crippen LogP) is 1.06. The number of methoxy groups -OCH3 is 1. The van der Waals surface area contributed by atoms with Crippen LogP contribution in [-0.4, -0.2) is 41.0 Å². The summed E-state index contributed by atoms with van der Waals surface area (Å²) in [6, 6.07) is 3.38. The Morgan fingerprint density at radius 3 is 2.42 bits per heavy atom. The van der Waals surface area contributed by atoms with Gasteiger partial charge >= 0.3 is 0 Å². The highest BCUT2D eigenvalue weighted by molar-refractivity contribution is 7.91. The molecule has 0 heterocycles. The number of sulfone groups is 1. The molecule has 0 saturated carbocycles.